The Hall–Kier alpha value is -2.05. The van der Waals surface area contributed by atoms with Crippen LogP contribution >= 0.6 is 0 Å². The molecule has 0 bridgehead atoms. The predicted molar refractivity (Wildman–Crippen MR) is 74.2 cm³/mol. The van der Waals surface area contributed by atoms with Crippen molar-refractivity contribution < 1.29 is 10.0 Å². The molecule has 0 unspecified atom stereocenters. The zero-order chi connectivity index (χ0) is 14.6. The molecule has 20 heavy (non-hydrogen) atoms. The number of rotatable bonds is 5. The number of carbonyl (C=O) groups excluding carboxylic acids is 1. The van der Waals surface area contributed by atoms with Crippen molar-refractivity contribution in [3.05, 3.63) is 18.2 Å². The Balaban J connectivity index is 1.95. The second kappa shape index (κ2) is 5.94. The van der Waals surface area contributed by atoms with E-state index in [9.17, 15) is 4.79 Å². The van der Waals surface area contributed by atoms with E-state index in [-0.39, 0.29) is 11.7 Å². The summed E-state index contributed by atoms with van der Waals surface area (Å²) in [7, 11) is 1.92. The van der Waals surface area contributed by atoms with Crippen LogP contribution in [0.5, 0.6) is 0 Å². The zero-order valence-corrected chi connectivity index (χ0v) is 11.7. The summed E-state index contributed by atoms with van der Waals surface area (Å²) in [6.07, 6.45) is 7.36. The molecule has 7 nitrogen and oxygen atoms in total. The molecule has 4 N–H and O–H groups in total. The van der Waals surface area contributed by atoms with Crippen LogP contribution in [-0.4, -0.2) is 33.0 Å². The molecule has 0 saturated heterocycles. The van der Waals surface area contributed by atoms with Crippen LogP contribution in [0.4, 0.5) is 0 Å². The SMILES string of the molecule is Cn1ccnc1CCNC(=O)C1(C(N)=NO)CCCC1. The fourth-order valence-corrected chi connectivity index (χ4v) is 2.77. The molecule has 1 amide bonds. The third-order valence-corrected chi connectivity index (χ3v) is 4.04. The van der Waals surface area contributed by atoms with E-state index in [2.05, 4.69) is 15.5 Å². The molecule has 1 saturated carbocycles. The van der Waals surface area contributed by atoms with E-state index in [0.29, 0.717) is 25.8 Å². The Morgan fingerprint density at radius 2 is 2.30 bits per heavy atom. The van der Waals surface area contributed by atoms with Crippen LogP contribution in [0.15, 0.2) is 17.5 Å². The molecule has 1 aromatic heterocycles. The molecular weight excluding hydrogens is 258 g/mol. The van der Waals surface area contributed by atoms with Crippen LogP contribution < -0.4 is 11.1 Å². The highest BCUT2D eigenvalue weighted by Gasteiger charge is 2.45. The molecule has 0 spiro atoms. The lowest BCUT2D eigenvalue weighted by molar-refractivity contribution is -0.127. The van der Waals surface area contributed by atoms with Gasteiger partial charge in [-0.15, -0.1) is 0 Å². The van der Waals surface area contributed by atoms with Gasteiger partial charge in [-0.05, 0) is 12.8 Å². The van der Waals surface area contributed by atoms with Gasteiger partial charge in [0.1, 0.15) is 11.2 Å². The van der Waals surface area contributed by atoms with Gasteiger partial charge in [0.05, 0.1) is 0 Å². The van der Waals surface area contributed by atoms with Gasteiger partial charge in [0.15, 0.2) is 5.84 Å². The van der Waals surface area contributed by atoms with Crippen LogP contribution in [0.2, 0.25) is 0 Å². The molecule has 0 atom stereocenters. The highest BCUT2D eigenvalue weighted by Crippen LogP contribution is 2.38. The smallest absolute Gasteiger partial charge is 0.233 e. The van der Waals surface area contributed by atoms with Crippen molar-refractivity contribution in [2.45, 2.75) is 32.1 Å². The topological polar surface area (TPSA) is 106 Å². The third-order valence-electron chi connectivity index (χ3n) is 4.04. The minimum atomic E-state index is -0.837. The second-order valence-corrected chi connectivity index (χ2v) is 5.23. The first-order chi connectivity index (χ1) is 9.60. The second-order valence-electron chi connectivity index (χ2n) is 5.23. The Morgan fingerprint density at radius 1 is 1.60 bits per heavy atom. The zero-order valence-electron chi connectivity index (χ0n) is 11.7. The van der Waals surface area contributed by atoms with E-state index in [1.54, 1.807) is 6.20 Å². The number of aromatic nitrogens is 2. The highest BCUT2D eigenvalue weighted by molar-refractivity contribution is 6.07. The minimum Gasteiger partial charge on any atom is -0.409 e. The van der Waals surface area contributed by atoms with Gasteiger partial charge in [-0.1, -0.05) is 18.0 Å². The van der Waals surface area contributed by atoms with E-state index >= 15 is 0 Å². The Kier molecular flexibility index (Phi) is 4.26. The number of oxime groups is 1. The quantitative estimate of drug-likeness (QED) is 0.314. The van der Waals surface area contributed by atoms with E-state index in [4.69, 9.17) is 10.9 Å². The molecule has 0 aliphatic heterocycles. The lowest BCUT2D eigenvalue weighted by Gasteiger charge is -2.25. The number of imidazole rings is 1. The van der Waals surface area contributed by atoms with Crippen molar-refractivity contribution >= 4 is 11.7 Å². The number of nitrogens with one attached hydrogen (secondary N) is 1. The van der Waals surface area contributed by atoms with Gasteiger partial charge in [0.25, 0.3) is 0 Å². The lowest BCUT2D eigenvalue weighted by atomic mass is 9.84. The van der Waals surface area contributed by atoms with Crippen molar-refractivity contribution in [1.29, 1.82) is 0 Å². The van der Waals surface area contributed by atoms with Crippen molar-refractivity contribution in [1.82, 2.24) is 14.9 Å². The highest BCUT2D eigenvalue weighted by atomic mass is 16.4. The fourth-order valence-electron chi connectivity index (χ4n) is 2.77. The Morgan fingerprint density at radius 3 is 2.85 bits per heavy atom. The standard InChI is InChI=1S/C13H21N5O2/c1-18-9-8-15-10(18)4-7-16-12(19)13(11(14)17-20)5-2-3-6-13/h8-9,20H,2-7H2,1H3,(H2,14,17)(H,16,19). The summed E-state index contributed by atoms with van der Waals surface area (Å²) < 4.78 is 1.92. The summed E-state index contributed by atoms with van der Waals surface area (Å²) in [5.74, 6) is 0.776. The number of hydrogen-bond donors (Lipinski definition) is 3. The number of carbonyl (C=O) groups is 1. The summed E-state index contributed by atoms with van der Waals surface area (Å²) in [4.78, 5) is 16.6. The molecule has 1 heterocycles. The Bertz CT molecular complexity index is 503. The number of nitrogens with two attached hydrogens (primary N) is 1. The average Bonchev–Trinajstić information content (AvgIpc) is 3.08. The third kappa shape index (κ3) is 2.61. The Labute approximate surface area is 117 Å². The summed E-state index contributed by atoms with van der Waals surface area (Å²) in [6.45, 7) is 0.490. The molecule has 2 rings (SSSR count). The summed E-state index contributed by atoms with van der Waals surface area (Å²) in [5, 5.41) is 14.8. The predicted octanol–water partition coefficient (Wildman–Crippen LogP) is 0.386. The van der Waals surface area contributed by atoms with Gasteiger partial charge in [0.2, 0.25) is 5.91 Å². The van der Waals surface area contributed by atoms with Crippen LogP contribution in [0, 0.1) is 5.41 Å². The van der Waals surface area contributed by atoms with Crippen LogP contribution in [0.3, 0.4) is 0 Å². The van der Waals surface area contributed by atoms with Gasteiger partial charge in [-0.3, -0.25) is 4.79 Å². The summed E-state index contributed by atoms with van der Waals surface area (Å²) >= 11 is 0. The maximum Gasteiger partial charge on any atom is 0.233 e. The maximum atomic E-state index is 12.4. The van der Waals surface area contributed by atoms with E-state index in [0.717, 1.165) is 18.7 Å². The lowest BCUT2D eigenvalue weighted by Crippen LogP contribution is -2.48. The molecule has 110 valence electrons. The molecule has 0 radical (unpaired) electrons. The normalized spacial score (nSPS) is 18.1. The molecular formula is C13H21N5O2. The largest absolute Gasteiger partial charge is 0.409 e. The molecule has 7 heteroatoms. The average molecular weight is 279 g/mol. The first kappa shape index (κ1) is 14.4. The number of aryl methyl sites for hydroxylation is 1. The number of amidine groups is 1. The van der Waals surface area contributed by atoms with Crippen LogP contribution in [0.1, 0.15) is 31.5 Å². The van der Waals surface area contributed by atoms with Gasteiger partial charge >= 0.3 is 0 Å². The molecule has 1 aliphatic carbocycles. The number of nitrogens with zero attached hydrogens (tertiary/aromatic N) is 3. The minimum absolute atomic E-state index is 0.0180. The van der Waals surface area contributed by atoms with Gasteiger partial charge in [0, 0.05) is 32.4 Å². The van der Waals surface area contributed by atoms with Crippen molar-refractivity contribution in [2.75, 3.05) is 6.54 Å². The van der Waals surface area contributed by atoms with Crippen LogP contribution in [-0.2, 0) is 18.3 Å². The van der Waals surface area contributed by atoms with E-state index in [1.165, 1.54) is 0 Å². The summed E-state index contributed by atoms with van der Waals surface area (Å²) in [6, 6.07) is 0. The molecule has 1 fully saturated rings. The maximum absolute atomic E-state index is 12.4. The molecule has 1 aromatic rings. The van der Waals surface area contributed by atoms with E-state index < -0.39 is 5.41 Å². The van der Waals surface area contributed by atoms with Crippen molar-refractivity contribution in [3.63, 3.8) is 0 Å². The van der Waals surface area contributed by atoms with Gasteiger partial charge < -0.3 is 20.8 Å². The molecule has 1 aliphatic rings. The van der Waals surface area contributed by atoms with Crippen molar-refractivity contribution in [2.24, 2.45) is 23.4 Å². The van der Waals surface area contributed by atoms with Crippen molar-refractivity contribution in [3.8, 4) is 0 Å². The first-order valence-electron chi connectivity index (χ1n) is 6.82. The monoisotopic (exact) mass is 279 g/mol. The number of amides is 1. The molecule has 0 aromatic carbocycles. The fraction of sp³-hybridized carbons (Fsp3) is 0.615. The van der Waals surface area contributed by atoms with E-state index in [1.807, 2.05) is 17.8 Å². The number of hydrogen-bond acceptors (Lipinski definition) is 4. The summed E-state index contributed by atoms with van der Waals surface area (Å²) in [5.41, 5.74) is 4.89. The van der Waals surface area contributed by atoms with Crippen LogP contribution in [0.25, 0.3) is 0 Å². The van der Waals surface area contributed by atoms with Gasteiger partial charge in [-0.25, -0.2) is 4.98 Å². The first-order valence-corrected chi connectivity index (χ1v) is 6.82. The van der Waals surface area contributed by atoms with Gasteiger partial charge in [-0.2, -0.15) is 0 Å².